The first-order valence-electron chi connectivity index (χ1n) is 12.6. The fraction of sp³-hybridized carbons (Fsp3) is 0.212. The highest BCUT2D eigenvalue weighted by atomic mass is 79.9. The van der Waals surface area contributed by atoms with Crippen molar-refractivity contribution in [2.24, 2.45) is 0 Å². The van der Waals surface area contributed by atoms with Crippen LogP contribution in [0, 0.1) is 10.4 Å². The summed E-state index contributed by atoms with van der Waals surface area (Å²) in [5.74, 6) is 1.10. The molecular formula is C33H31BrS. The molecule has 0 saturated heterocycles. The second kappa shape index (κ2) is 9.15. The predicted molar refractivity (Wildman–Crippen MR) is 157 cm³/mol. The molecule has 0 aromatic heterocycles. The summed E-state index contributed by atoms with van der Waals surface area (Å²) in [6, 6.07) is 22.6. The average Bonchev–Trinajstić information content (AvgIpc) is 3.08. The van der Waals surface area contributed by atoms with Gasteiger partial charge in [-0.05, 0) is 90.9 Å². The van der Waals surface area contributed by atoms with Gasteiger partial charge < -0.3 is 0 Å². The summed E-state index contributed by atoms with van der Waals surface area (Å²) in [5, 5.41) is 8.07. The highest BCUT2D eigenvalue weighted by molar-refractivity contribution is 9.10. The van der Waals surface area contributed by atoms with E-state index in [-0.39, 0.29) is 5.41 Å². The van der Waals surface area contributed by atoms with Crippen molar-refractivity contribution in [2.75, 3.05) is 0 Å². The number of halogens is 1. The molecule has 0 bridgehead atoms. The zero-order valence-corrected chi connectivity index (χ0v) is 22.9. The molecule has 0 amide bonds. The van der Waals surface area contributed by atoms with Crippen LogP contribution in [0.2, 0.25) is 0 Å². The Morgan fingerprint density at radius 3 is 2.51 bits per heavy atom. The number of benzene rings is 3. The van der Waals surface area contributed by atoms with Gasteiger partial charge in [-0.25, -0.2) is 10.9 Å². The van der Waals surface area contributed by atoms with Crippen molar-refractivity contribution in [1.82, 2.24) is 0 Å². The summed E-state index contributed by atoms with van der Waals surface area (Å²) in [6.07, 6.45) is 15.1. The second-order valence-corrected chi connectivity index (χ2v) is 13.3. The van der Waals surface area contributed by atoms with E-state index in [0.29, 0.717) is 0 Å². The van der Waals surface area contributed by atoms with Crippen LogP contribution in [-0.4, -0.2) is 0 Å². The van der Waals surface area contributed by atoms with E-state index < -0.39 is 10.9 Å². The molecule has 6 rings (SSSR count). The van der Waals surface area contributed by atoms with Gasteiger partial charge in [0.25, 0.3) is 0 Å². The van der Waals surface area contributed by atoms with Gasteiger partial charge in [0.05, 0.1) is 0 Å². The van der Waals surface area contributed by atoms with Crippen molar-refractivity contribution in [3.05, 3.63) is 137 Å². The van der Waals surface area contributed by atoms with E-state index in [1.807, 2.05) is 0 Å². The zero-order chi connectivity index (χ0) is 24.0. The number of allylic oxidation sites excluding steroid dienone is 5. The van der Waals surface area contributed by atoms with Crippen LogP contribution in [0.5, 0.6) is 0 Å². The van der Waals surface area contributed by atoms with Gasteiger partial charge in [-0.2, -0.15) is 0 Å². The van der Waals surface area contributed by atoms with E-state index in [4.69, 9.17) is 0 Å². The third-order valence-electron chi connectivity index (χ3n) is 7.51. The molecule has 3 aromatic carbocycles. The van der Waals surface area contributed by atoms with Crippen LogP contribution in [-0.2, 0) is 17.6 Å². The van der Waals surface area contributed by atoms with E-state index in [1.165, 1.54) is 51.3 Å². The van der Waals surface area contributed by atoms with Gasteiger partial charge in [0.15, 0.2) is 0 Å². The van der Waals surface area contributed by atoms with Crippen LogP contribution in [0.1, 0.15) is 43.4 Å². The maximum atomic E-state index is 3.68. The molecule has 3 aromatic rings. The Kier molecular flexibility index (Phi) is 5.98. The molecule has 0 spiro atoms. The summed E-state index contributed by atoms with van der Waals surface area (Å²) >= 11 is 3.68. The Hall–Kier alpha value is -2.55. The standard InChI is InChI=1S/C33H31BrS/c1-33(2)21-24-20-25(34)15-16-26(24)30-18-17-27-28(12-9-13-29(27)32(30)33)31-14-7-4-8-19-35(31)22-23-10-5-3-6-11-23/h3-8,10-11,14-21,35H,9,12-13,22H2,1-2H3. The van der Waals surface area contributed by atoms with E-state index in [2.05, 4.69) is 126 Å². The first kappa shape index (κ1) is 22.9. The Balaban J connectivity index is 1.59. The molecule has 2 aliphatic carbocycles. The highest BCUT2D eigenvalue weighted by Gasteiger charge is 2.28. The predicted octanol–water partition coefficient (Wildman–Crippen LogP) is 7.46. The normalized spacial score (nSPS) is 20.7. The maximum absolute atomic E-state index is 3.68. The molecule has 3 aliphatic rings. The van der Waals surface area contributed by atoms with Gasteiger partial charge >= 0.3 is 0 Å². The number of hydrogen-bond donors (Lipinski definition) is 1. The fourth-order valence-electron chi connectivity index (χ4n) is 6.08. The Morgan fingerprint density at radius 1 is 0.857 bits per heavy atom. The molecule has 1 atom stereocenters. The number of fused-ring (bicyclic) bond motifs is 4. The molecule has 1 unspecified atom stereocenters. The molecule has 2 heteroatoms. The van der Waals surface area contributed by atoms with Crippen molar-refractivity contribution in [1.29, 1.82) is 0 Å². The van der Waals surface area contributed by atoms with Crippen molar-refractivity contribution >= 4 is 38.5 Å². The zero-order valence-electron chi connectivity index (χ0n) is 20.4. The van der Waals surface area contributed by atoms with E-state index >= 15 is 0 Å². The van der Waals surface area contributed by atoms with Crippen molar-refractivity contribution in [3.8, 4) is 0 Å². The average molecular weight is 540 g/mol. The van der Waals surface area contributed by atoms with Gasteiger partial charge in [0, 0.05) is 15.6 Å². The quantitative estimate of drug-likeness (QED) is 0.328. The van der Waals surface area contributed by atoms with E-state index in [9.17, 15) is 0 Å². The van der Waals surface area contributed by atoms with Crippen molar-refractivity contribution < 1.29 is 0 Å². The van der Waals surface area contributed by atoms with Gasteiger partial charge in [-0.15, -0.1) is 0 Å². The van der Waals surface area contributed by atoms with Gasteiger partial charge in [0.1, 0.15) is 0 Å². The fourth-order valence-corrected chi connectivity index (χ4v) is 8.67. The monoisotopic (exact) mass is 538 g/mol. The SMILES string of the molecule is CC1(C)C=c2cc(Br)ccc2=c2ccc3c(c21)CCCC=3C1=CC=CC=C[SH]1Cc1ccccc1. The number of thiol groups is 1. The van der Waals surface area contributed by atoms with Gasteiger partial charge in [-0.3, -0.25) is 0 Å². The summed E-state index contributed by atoms with van der Waals surface area (Å²) in [4.78, 5) is 1.55. The topological polar surface area (TPSA) is 0 Å². The van der Waals surface area contributed by atoms with Crippen LogP contribution < -0.4 is 10.4 Å². The minimum atomic E-state index is -0.398. The van der Waals surface area contributed by atoms with Crippen molar-refractivity contribution in [3.63, 3.8) is 0 Å². The van der Waals surface area contributed by atoms with Crippen molar-refractivity contribution in [2.45, 2.75) is 44.3 Å². The lowest BCUT2D eigenvalue weighted by molar-refractivity contribution is 0.674. The molecular weight excluding hydrogens is 508 g/mol. The summed E-state index contributed by atoms with van der Waals surface area (Å²) in [7, 11) is -0.398. The minimum absolute atomic E-state index is 0.00331. The molecule has 0 saturated carbocycles. The molecule has 0 N–H and O–H groups in total. The third-order valence-corrected chi connectivity index (χ3v) is 10.3. The van der Waals surface area contributed by atoms with Crippen LogP contribution in [0.15, 0.2) is 99.8 Å². The summed E-state index contributed by atoms with van der Waals surface area (Å²) < 4.78 is 1.15. The molecule has 1 heterocycles. The van der Waals surface area contributed by atoms with E-state index in [0.717, 1.165) is 10.2 Å². The van der Waals surface area contributed by atoms with Crippen LogP contribution in [0.25, 0.3) is 11.6 Å². The van der Waals surface area contributed by atoms with Gasteiger partial charge in [0.2, 0.25) is 0 Å². The smallest absolute Gasteiger partial charge is 0.0181 e. The highest BCUT2D eigenvalue weighted by Crippen LogP contribution is 2.47. The number of rotatable bonds is 3. The minimum Gasteiger partial charge on any atom is -0.202 e. The second-order valence-electron chi connectivity index (χ2n) is 10.3. The Labute approximate surface area is 219 Å². The Bertz CT molecular complexity index is 1620. The third kappa shape index (κ3) is 4.21. The van der Waals surface area contributed by atoms with Gasteiger partial charge in [-0.1, -0.05) is 103 Å². The summed E-state index contributed by atoms with van der Waals surface area (Å²) in [5.41, 5.74) is 6.12. The molecule has 0 radical (unpaired) electrons. The van der Waals surface area contributed by atoms with Crippen LogP contribution >= 0.6 is 26.8 Å². The van der Waals surface area contributed by atoms with Crippen LogP contribution in [0.4, 0.5) is 0 Å². The lowest BCUT2D eigenvalue weighted by Gasteiger charge is -2.32. The molecule has 35 heavy (non-hydrogen) atoms. The van der Waals surface area contributed by atoms with E-state index in [1.54, 1.807) is 16.0 Å². The first-order valence-corrected chi connectivity index (χ1v) is 14.9. The van der Waals surface area contributed by atoms with Crippen LogP contribution in [0.3, 0.4) is 0 Å². The first-order chi connectivity index (χ1) is 17.0. The lowest BCUT2D eigenvalue weighted by Crippen LogP contribution is -2.31. The largest absolute Gasteiger partial charge is 0.202 e. The summed E-state index contributed by atoms with van der Waals surface area (Å²) in [6.45, 7) is 4.78. The lowest BCUT2D eigenvalue weighted by atomic mass is 9.74. The molecule has 1 aliphatic heterocycles. The molecule has 176 valence electrons. The molecule has 0 nitrogen and oxygen atoms in total. The molecule has 0 fully saturated rings. The maximum Gasteiger partial charge on any atom is 0.0181 e. The Morgan fingerprint density at radius 2 is 1.66 bits per heavy atom. The number of hydrogen-bond acceptors (Lipinski definition) is 0.